The van der Waals surface area contributed by atoms with Gasteiger partial charge in [0, 0.05) is 11.8 Å². The Balaban J connectivity index is 0.00000497. The second kappa shape index (κ2) is 11.8. The fourth-order valence-corrected chi connectivity index (χ4v) is 4.04. The number of esters is 1. The Hall–Kier alpha value is -2.21. The van der Waals surface area contributed by atoms with Gasteiger partial charge in [-0.1, -0.05) is 60.6 Å². The first-order chi connectivity index (χ1) is 14.9. The second-order valence-corrected chi connectivity index (χ2v) is 11.1. The maximum absolute atomic E-state index is 13.1. The molecule has 1 aromatic rings. The van der Waals surface area contributed by atoms with Gasteiger partial charge in [0.25, 0.3) is 0 Å². The van der Waals surface area contributed by atoms with Crippen LogP contribution < -0.4 is 0 Å². The van der Waals surface area contributed by atoms with E-state index in [4.69, 9.17) is 9.47 Å². The third kappa shape index (κ3) is 10.1. The van der Waals surface area contributed by atoms with Crippen LogP contribution in [0.4, 0.5) is 0 Å². The highest BCUT2D eigenvalue weighted by atomic mass is 16.6. The molecule has 0 spiro atoms. The lowest BCUT2D eigenvalue weighted by Gasteiger charge is -2.37. The van der Waals surface area contributed by atoms with Crippen LogP contribution in [0.3, 0.4) is 0 Å². The number of carboxylic acids is 1. The summed E-state index contributed by atoms with van der Waals surface area (Å²) < 4.78 is 11.5. The van der Waals surface area contributed by atoms with E-state index in [1.165, 1.54) is 12.1 Å². The Morgan fingerprint density at radius 1 is 0.848 bits per heavy atom. The summed E-state index contributed by atoms with van der Waals surface area (Å²) >= 11 is 0. The molecule has 33 heavy (non-hydrogen) atoms. The number of hydrogen-bond donors (Lipinski definition) is 1. The standard InChI is InChI=1S/C25H38O6.C2H6/c1-22(2,3)16-23(4,5)21(29)25(8,9)30-15-14-24(6,7)31-20(28)18-13-11-10-12-17(18)19(26)27;1-2/h10-13H,14-16H2,1-9H3,(H,26,27);1-2H3. The molecular formula is C27H44O6. The van der Waals surface area contributed by atoms with Crippen molar-refractivity contribution in [3.63, 3.8) is 0 Å². The van der Waals surface area contributed by atoms with Crippen LogP contribution in [0.15, 0.2) is 24.3 Å². The minimum atomic E-state index is -1.19. The molecule has 6 heteroatoms. The van der Waals surface area contributed by atoms with Crippen LogP contribution in [0, 0.1) is 10.8 Å². The van der Waals surface area contributed by atoms with Gasteiger partial charge in [0.1, 0.15) is 11.2 Å². The second-order valence-electron chi connectivity index (χ2n) is 11.1. The molecule has 1 N–H and O–H groups in total. The van der Waals surface area contributed by atoms with Gasteiger partial charge < -0.3 is 14.6 Å². The molecule has 0 aromatic heterocycles. The molecule has 0 radical (unpaired) electrons. The van der Waals surface area contributed by atoms with Gasteiger partial charge in [0.2, 0.25) is 0 Å². The molecule has 0 aliphatic heterocycles. The third-order valence-electron chi connectivity index (χ3n) is 5.05. The summed E-state index contributed by atoms with van der Waals surface area (Å²) in [5.74, 6) is -1.86. The monoisotopic (exact) mass is 464 g/mol. The van der Waals surface area contributed by atoms with E-state index in [0.717, 1.165) is 6.42 Å². The fraction of sp³-hybridized carbons (Fsp3) is 0.667. The normalized spacial score (nSPS) is 12.5. The number of carboxylic acid groups (broad SMARTS) is 1. The van der Waals surface area contributed by atoms with Gasteiger partial charge in [0.05, 0.1) is 17.7 Å². The van der Waals surface area contributed by atoms with Crippen LogP contribution >= 0.6 is 0 Å². The van der Waals surface area contributed by atoms with Gasteiger partial charge in [-0.2, -0.15) is 0 Å². The number of carbonyl (C=O) groups excluding carboxylic acids is 2. The van der Waals surface area contributed by atoms with E-state index >= 15 is 0 Å². The molecule has 0 amide bonds. The van der Waals surface area contributed by atoms with Crippen molar-refractivity contribution in [1.82, 2.24) is 0 Å². The first-order valence-electron chi connectivity index (χ1n) is 11.6. The van der Waals surface area contributed by atoms with Crippen molar-refractivity contribution >= 4 is 17.7 Å². The van der Waals surface area contributed by atoms with Gasteiger partial charge in [-0.15, -0.1) is 0 Å². The number of benzene rings is 1. The Labute approximate surface area is 200 Å². The summed E-state index contributed by atoms with van der Waals surface area (Å²) in [7, 11) is 0. The summed E-state index contributed by atoms with van der Waals surface area (Å²) in [5, 5.41) is 9.27. The lowest BCUT2D eigenvalue weighted by molar-refractivity contribution is -0.152. The van der Waals surface area contributed by atoms with Crippen molar-refractivity contribution in [2.45, 2.75) is 100 Å². The van der Waals surface area contributed by atoms with Crippen LogP contribution in [0.25, 0.3) is 0 Å². The van der Waals surface area contributed by atoms with Crippen LogP contribution in [0.2, 0.25) is 0 Å². The highest BCUT2D eigenvalue weighted by Gasteiger charge is 2.42. The molecule has 1 rings (SSSR count). The smallest absolute Gasteiger partial charge is 0.339 e. The highest BCUT2D eigenvalue weighted by Crippen LogP contribution is 2.37. The van der Waals surface area contributed by atoms with Crippen molar-refractivity contribution in [1.29, 1.82) is 0 Å². The molecule has 0 unspecified atom stereocenters. The van der Waals surface area contributed by atoms with Crippen LogP contribution in [-0.4, -0.2) is 40.6 Å². The molecular weight excluding hydrogens is 420 g/mol. The van der Waals surface area contributed by atoms with Crippen molar-refractivity contribution in [2.75, 3.05) is 6.61 Å². The maximum atomic E-state index is 13.1. The predicted octanol–water partition coefficient (Wildman–Crippen LogP) is 6.56. The fourth-order valence-electron chi connectivity index (χ4n) is 4.04. The number of rotatable bonds is 10. The quantitative estimate of drug-likeness (QED) is 0.394. The molecule has 188 valence electrons. The summed E-state index contributed by atoms with van der Waals surface area (Å²) in [6.07, 6.45) is 1.09. The summed E-state index contributed by atoms with van der Waals surface area (Å²) in [5.41, 5.74) is -2.51. The number of ether oxygens (including phenoxy) is 2. The zero-order chi connectivity index (χ0) is 26.3. The van der Waals surface area contributed by atoms with Crippen molar-refractivity contribution in [3.8, 4) is 0 Å². The predicted molar refractivity (Wildman–Crippen MR) is 132 cm³/mol. The largest absolute Gasteiger partial charge is 0.478 e. The summed E-state index contributed by atoms with van der Waals surface area (Å²) in [4.78, 5) is 37.0. The Morgan fingerprint density at radius 3 is 1.79 bits per heavy atom. The molecule has 0 bridgehead atoms. The first kappa shape index (κ1) is 30.8. The average Bonchev–Trinajstić information content (AvgIpc) is 2.66. The number of Topliss-reactive ketones (excluding diaryl/α,β-unsaturated/α-hetero) is 1. The van der Waals surface area contributed by atoms with Crippen molar-refractivity contribution < 1.29 is 29.0 Å². The topological polar surface area (TPSA) is 89.9 Å². The third-order valence-corrected chi connectivity index (χ3v) is 5.05. The van der Waals surface area contributed by atoms with Gasteiger partial charge in [-0.05, 0) is 51.7 Å². The van der Waals surface area contributed by atoms with Gasteiger partial charge in [0.15, 0.2) is 5.78 Å². The minimum Gasteiger partial charge on any atom is -0.478 e. The van der Waals surface area contributed by atoms with Gasteiger partial charge in [-0.25, -0.2) is 9.59 Å². The van der Waals surface area contributed by atoms with E-state index in [2.05, 4.69) is 20.8 Å². The van der Waals surface area contributed by atoms with Gasteiger partial charge >= 0.3 is 11.9 Å². The van der Waals surface area contributed by atoms with Crippen LogP contribution in [0.1, 0.15) is 110 Å². The van der Waals surface area contributed by atoms with Crippen molar-refractivity contribution in [2.24, 2.45) is 10.8 Å². The molecule has 0 atom stereocenters. The van der Waals surface area contributed by atoms with E-state index in [9.17, 15) is 19.5 Å². The lowest BCUT2D eigenvalue weighted by atomic mass is 9.70. The number of hydrogen-bond acceptors (Lipinski definition) is 5. The maximum Gasteiger partial charge on any atom is 0.339 e. The zero-order valence-corrected chi connectivity index (χ0v) is 22.4. The van der Waals surface area contributed by atoms with E-state index < -0.39 is 28.6 Å². The SMILES string of the molecule is CC.CC(C)(C)CC(C)(C)C(=O)C(C)(C)OCCC(C)(C)OC(=O)c1ccccc1C(=O)O. The minimum absolute atomic E-state index is 0.00318. The van der Waals surface area contributed by atoms with Gasteiger partial charge in [-0.3, -0.25) is 4.79 Å². The Kier molecular flexibility index (Phi) is 11.0. The molecule has 0 saturated heterocycles. The first-order valence-corrected chi connectivity index (χ1v) is 11.6. The van der Waals surface area contributed by atoms with E-state index in [1.54, 1.807) is 39.8 Å². The molecule has 0 aliphatic carbocycles. The van der Waals surface area contributed by atoms with E-state index in [-0.39, 0.29) is 28.9 Å². The number of aromatic carboxylic acids is 1. The number of carbonyl (C=O) groups is 3. The summed E-state index contributed by atoms with van der Waals surface area (Å²) in [6.45, 7) is 21.4. The zero-order valence-electron chi connectivity index (χ0n) is 22.4. The molecule has 1 aromatic carbocycles. The molecule has 0 heterocycles. The lowest BCUT2D eigenvalue weighted by Crippen LogP contribution is -2.46. The van der Waals surface area contributed by atoms with Crippen LogP contribution in [-0.2, 0) is 14.3 Å². The van der Waals surface area contributed by atoms with E-state index in [0.29, 0.717) is 6.42 Å². The van der Waals surface area contributed by atoms with E-state index in [1.807, 2.05) is 27.7 Å². The Morgan fingerprint density at radius 2 is 1.33 bits per heavy atom. The molecule has 6 nitrogen and oxygen atoms in total. The number of ketones is 1. The highest BCUT2D eigenvalue weighted by molar-refractivity contribution is 6.02. The molecule has 0 fully saturated rings. The molecule has 0 aliphatic rings. The molecule has 0 saturated carbocycles. The summed E-state index contributed by atoms with van der Waals surface area (Å²) in [6, 6.07) is 5.94. The average molecular weight is 465 g/mol. The Bertz CT molecular complexity index is 812. The van der Waals surface area contributed by atoms with Crippen LogP contribution in [0.5, 0.6) is 0 Å². The van der Waals surface area contributed by atoms with Crippen molar-refractivity contribution in [3.05, 3.63) is 35.4 Å².